The van der Waals surface area contributed by atoms with Crippen LogP contribution in [0.2, 0.25) is 0 Å². The van der Waals surface area contributed by atoms with Crippen molar-refractivity contribution in [2.75, 3.05) is 5.73 Å². The molecule has 4 N–H and O–H groups in total. The predicted molar refractivity (Wildman–Crippen MR) is 57.6 cm³/mol. The van der Waals surface area contributed by atoms with Crippen molar-refractivity contribution < 1.29 is 0 Å². The van der Waals surface area contributed by atoms with Crippen LogP contribution in [0, 0.1) is 0 Å². The van der Waals surface area contributed by atoms with Crippen LogP contribution in [-0.4, -0.2) is 11.0 Å². The van der Waals surface area contributed by atoms with E-state index in [1.54, 1.807) is 6.20 Å². The molecule has 2 rings (SSSR count). The van der Waals surface area contributed by atoms with Gasteiger partial charge in [0.25, 0.3) is 0 Å². The summed E-state index contributed by atoms with van der Waals surface area (Å²) in [6, 6.07) is 4.18. The molecule has 1 atom stereocenters. The molecule has 3 heteroatoms. The minimum Gasteiger partial charge on any atom is -0.384 e. The summed E-state index contributed by atoms with van der Waals surface area (Å²) in [5, 5.41) is 0. The molecule has 1 aromatic rings. The van der Waals surface area contributed by atoms with Crippen molar-refractivity contribution in [2.45, 2.75) is 25.3 Å². The van der Waals surface area contributed by atoms with Gasteiger partial charge in [-0.15, -0.1) is 0 Å². The van der Waals surface area contributed by atoms with Crippen molar-refractivity contribution >= 4 is 5.82 Å². The van der Waals surface area contributed by atoms with Gasteiger partial charge in [-0.05, 0) is 37.0 Å². The van der Waals surface area contributed by atoms with Crippen molar-refractivity contribution in [1.29, 1.82) is 0 Å². The second kappa shape index (κ2) is 3.80. The molecular formula is C11H15N3. The van der Waals surface area contributed by atoms with Gasteiger partial charge in [0.1, 0.15) is 5.82 Å². The number of nitrogen functional groups attached to an aromatic ring is 1. The molecule has 3 nitrogen and oxygen atoms in total. The number of nitrogens with two attached hydrogens (primary N) is 2. The van der Waals surface area contributed by atoms with Crippen LogP contribution in [0.1, 0.15) is 18.4 Å². The van der Waals surface area contributed by atoms with Gasteiger partial charge >= 0.3 is 0 Å². The summed E-state index contributed by atoms with van der Waals surface area (Å²) >= 11 is 0. The highest BCUT2D eigenvalue weighted by Crippen LogP contribution is 2.21. The number of pyridine rings is 1. The van der Waals surface area contributed by atoms with Gasteiger partial charge in [0.05, 0.1) is 0 Å². The Balaban J connectivity index is 2.08. The maximum Gasteiger partial charge on any atom is 0.123 e. The van der Waals surface area contributed by atoms with Gasteiger partial charge in [-0.1, -0.05) is 11.6 Å². The smallest absolute Gasteiger partial charge is 0.123 e. The Labute approximate surface area is 83.8 Å². The first-order valence-electron chi connectivity index (χ1n) is 4.89. The number of aromatic nitrogens is 1. The average molecular weight is 189 g/mol. The molecule has 0 radical (unpaired) electrons. The molecule has 0 saturated heterocycles. The van der Waals surface area contributed by atoms with Crippen LogP contribution in [-0.2, 0) is 6.42 Å². The van der Waals surface area contributed by atoms with Crippen molar-refractivity contribution in [3.63, 3.8) is 0 Å². The van der Waals surface area contributed by atoms with Gasteiger partial charge < -0.3 is 11.5 Å². The Morgan fingerprint density at radius 2 is 2.36 bits per heavy atom. The first kappa shape index (κ1) is 9.21. The van der Waals surface area contributed by atoms with Gasteiger partial charge in [0, 0.05) is 12.2 Å². The Hall–Kier alpha value is -1.35. The highest BCUT2D eigenvalue weighted by Gasteiger charge is 2.11. The van der Waals surface area contributed by atoms with Gasteiger partial charge in [-0.2, -0.15) is 0 Å². The number of nitrogens with zero attached hydrogens (tertiary/aromatic N) is 1. The summed E-state index contributed by atoms with van der Waals surface area (Å²) in [7, 11) is 0. The zero-order chi connectivity index (χ0) is 9.97. The summed E-state index contributed by atoms with van der Waals surface area (Å²) in [5.41, 5.74) is 14.0. The third-order valence-electron chi connectivity index (χ3n) is 2.53. The highest BCUT2D eigenvalue weighted by atomic mass is 14.8. The standard InChI is InChI=1S/C11H15N3/c12-10-2-1-8(6-10)5-9-3-4-14-11(13)7-9/h3-4,6-7,10H,1-2,5,12H2,(H2,13,14). The van der Waals surface area contributed by atoms with Crippen molar-refractivity contribution in [3.8, 4) is 0 Å². The van der Waals surface area contributed by atoms with Gasteiger partial charge in [-0.25, -0.2) is 4.98 Å². The Bertz CT molecular complexity index is 357. The highest BCUT2D eigenvalue weighted by molar-refractivity contribution is 5.34. The second-order valence-corrected chi connectivity index (χ2v) is 3.79. The van der Waals surface area contributed by atoms with Crippen molar-refractivity contribution in [2.24, 2.45) is 5.73 Å². The van der Waals surface area contributed by atoms with E-state index < -0.39 is 0 Å². The molecule has 74 valence electrons. The van der Waals surface area contributed by atoms with E-state index in [0.29, 0.717) is 5.82 Å². The van der Waals surface area contributed by atoms with Gasteiger partial charge in [0.15, 0.2) is 0 Å². The summed E-state index contributed by atoms with van der Waals surface area (Å²) in [4.78, 5) is 3.96. The zero-order valence-corrected chi connectivity index (χ0v) is 8.11. The fraction of sp³-hybridized carbons (Fsp3) is 0.364. The van der Waals surface area contributed by atoms with Crippen molar-refractivity contribution in [1.82, 2.24) is 4.98 Å². The first-order valence-corrected chi connectivity index (χ1v) is 4.89. The lowest BCUT2D eigenvalue weighted by molar-refractivity contribution is 0.770. The molecule has 0 aromatic carbocycles. The van der Waals surface area contributed by atoms with E-state index in [1.165, 1.54) is 11.1 Å². The monoisotopic (exact) mass is 189 g/mol. The number of hydrogen-bond acceptors (Lipinski definition) is 3. The van der Waals surface area contributed by atoms with E-state index in [-0.39, 0.29) is 6.04 Å². The summed E-state index contributed by atoms with van der Waals surface area (Å²) in [6.07, 6.45) is 7.07. The molecular weight excluding hydrogens is 174 g/mol. The minimum absolute atomic E-state index is 0.254. The van der Waals surface area contributed by atoms with Crippen LogP contribution in [0.4, 0.5) is 5.82 Å². The molecule has 1 unspecified atom stereocenters. The normalized spacial score (nSPS) is 20.9. The summed E-state index contributed by atoms with van der Waals surface area (Å²) < 4.78 is 0. The topological polar surface area (TPSA) is 64.9 Å². The third kappa shape index (κ3) is 2.12. The summed E-state index contributed by atoms with van der Waals surface area (Å²) in [6.45, 7) is 0. The van der Waals surface area contributed by atoms with E-state index in [2.05, 4.69) is 11.1 Å². The van der Waals surface area contributed by atoms with Crippen molar-refractivity contribution in [3.05, 3.63) is 35.5 Å². The van der Waals surface area contributed by atoms with Crippen LogP contribution >= 0.6 is 0 Å². The fourth-order valence-electron chi connectivity index (χ4n) is 1.84. The molecule has 0 aliphatic heterocycles. The molecule has 14 heavy (non-hydrogen) atoms. The Kier molecular flexibility index (Phi) is 2.50. The van der Waals surface area contributed by atoms with Gasteiger partial charge in [-0.3, -0.25) is 0 Å². The first-order chi connectivity index (χ1) is 6.74. The molecule has 0 bridgehead atoms. The lowest BCUT2D eigenvalue weighted by Gasteiger charge is -2.02. The van der Waals surface area contributed by atoms with E-state index in [4.69, 9.17) is 11.5 Å². The molecule has 0 fully saturated rings. The van der Waals surface area contributed by atoms with Crippen LogP contribution in [0.15, 0.2) is 30.0 Å². The number of anilines is 1. The number of hydrogen-bond donors (Lipinski definition) is 2. The molecule has 0 saturated carbocycles. The maximum atomic E-state index is 5.80. The maximum absolute atomic E-state index is 5.80. The molecule has 1 aliphatic rings. The van der Waals surface area contributed by atoms with Crippen LogP contribution in [0.3, 0.4) is 0 Å². The quantitative estimate of drug-likeness (QED) is 0.688. The number of allylic oxidation sites excluding steroid dienone is 1. The number of rotatable bonds is 2. The minimum atomic E-state index is 0.254. The molecule has 1 aromatic heterocycles. The average Bonchev–Trinajstić information content (AvgIpc) is 2.51. The zero-order valence-electron chi connectivity index (χ0n) is 8.11. The van der Waals surface area contributed by atoms with E-state index in [0.717, 1.165) is 19.3 Å². The molecule has 1 heterocycles. The van der Waals surface area contributed by atoms with Crippen LogP contribution < -0.4 is 11.5 Å². The van der Waals surface area contributed by atoms with Crippen LogP contribution in [0.25, 0.3) is 0 Å². The SMILES string of the molecule is Nc1cc(CC2=CC(N)CC2)ccn1. The lowest BCUT2D eigenvalue weighted by atomic mass is 10.1. The Morgan fingerprint density at radius 1 is 1.50 bits per heavy atom. The molecule has 0 spiro atoms. The third-order valence-corrected chi connectivity index (χ3v) is 2.53. The van der Waals surface area contributed by atoms with Crippen LogP contribution in [0.5, 0.6) is 0 Å². The summed E-state index contributed by atoms with van der Waals surface area (Å²) in [5.74, 6) is 0.588. The second-order valence-electron chi connectivity index (χ2n) is 3.79. The lowest BCUT2D eigenvalue weighted by Crippen LogP contribution is -2.11. The van der Waals surface area contributed by atoms with E-state index in [9.17, 15) is 0 Å². The molecule has 1 aliphatic carbocycles. The van der Waals surface area contributed by atoms with Gasteiger partial charge in [0.2, 0.25) is 0 Å². The van der Waals surface area contributed by atoms with E-state index >= 15 is 0 Å². The largest absolute Gasteiger partial charge is 0.384 e. The fourth-order valence-corrected chi connectivity index (χ4v) is 1.84. The predicted octanol–water partition coefficient (Wildman–Crippen LogP) is 1.25. The Morgan fingerprint density at radius 3 is 3.00 bits per heavy atom. The van der Waals surface area contributed by atoms with E-state index in [1.807, 2.05) is 12.1 Å². The molecule has 0 amide bonds.